The molecule has 0 aromatic carbocycles. The molecule has 0 aliphatic carbocycles. The van der Waals surface area contributed by atoms with Gasteiger partial charge in [0.2, 0.25) is 0 Å². The highest BCUT2D eigenvalue weighted by Gasteiger charge is 2.40. The number of aliphatic hydroxyl groups is 2. The normalized spacial score (nSPS) is 17.7. The summed E-state index contributed by atoms with van der Waals surface area (Å²) in [5, 5.41) is 35.8. The molecule has 5 heteroatoms. The first-order chi connectivity index (χ1) is 4.67. The fourth-order valence-electron chi connectivity index (χ4n) is 0.605. The van der Waals surface area contributed by atoms with Crippen LogP contribution in [0, 0.1) is 0 Å². The summed E-state index contributed by atoms with van der Waals surface area (Å²) in [4.78, 5) is 0. The van der Waals surface area contributed by atoms with Crippen molar-refractivity contribution in [1.82, 2.24) is 0 Å². The first-order valence-electron chi connectivity index (χ1n) is 3.48. The van der Waals surface area contributed by atoms with Gasteiger partial charge in [0.05, 0.1) is 11.2 Å². The van der Waals surface area contributed by atoms with E-state index in [2.05, 4.69) is 0 Å². The van der Waals surface area contributed by atoms with Crippen LogP contribution < -0.4 is 0 Å². The minimum absolute atomic E-state index is 0.267. The van der Waals surface area contributed by atoms with Gasteiger partial charge in [-0.1, -0.05) is 0 Å². The molecule has 0 aliphatic heterocycles. The summed E-state index contributed by atoms with van der Waals surface area (Å²) >= 11 is 0. The van der Waals surface area contributed by atoms with Gasteiger partial charge in [0.1, 0.15) is 0 Å². The third kappa shape index (κ3) is 3.20. The third-order valence-corrected chi connectivity index (χ3v) is 1.90. The quantitative estimate of drug-likeness (QED) is 0.400. The lowest BCUT2D eigenvalue weighted by Gasteiger charge is -2.35. The Morgan fingerprint density at radius 2 is 1.45 bits per heavy atom. The van der Waals surface area contributed by atoms with Crippen LogP contribution >= 0.6 is 0 Å². The Kier molecular flexibility index (Phi) is 3.08. The van der Waals surface area contributed by atoms with E-state index in [-0.39, 0.29) is 6.32 Å². The lowest BCUT2D eigenvalue weighted by atomic mass is 9.70. The van der Waals surface area contributed by atoms with Gasteiger partial charge in [0.25, 0.3) is 0 Å². The van der Waals surface area contributed by atoms with Crippen molar-refractivity contribution in [2.24, 2.45) is 0 Å². The fourth-order valence-corrected chi connectivity index (χ4v) is 0.605. The maximum Gasteiger partial charge on any atom is 0.454 e. The summed E-state index contributed by atoms with van der Waals surface area (Å²) in [6.45, 7) is 4.18. The van der Waals surface area contributed by atoms with E-state index in [0.717, 1.165) is 0 Å². The molecule has 0 amide bonds. The minimum atomic E-state index is -1.60. The zero-order valence-corrected chi connectivity index (χ0v) is 7.07. The summed E-state index contributed by atoms with van der Waals surface area (Å²) in [7, 11) is -1.60. The number of rotatable bonds is 3. The number of hydrogen-bond donors (Lipinski definition) is 4. The van der Waals surface area contributed by atoms with Gasteiger partial charge in [-0.3, -0.25) is 0 Å². The summed E-state index contributed by atoms with van der Waals surface area (Å²) in [5.74, 6) is 0. The molecule has 0 saturated heterocycles. The third-order valence-electron chi connectivity index (χ3n) is 1.90. The van der Waals surface area contributed by atoms with Crippen LogP contribution in [0.5, 0.6) is 0 Å². The van der Waals surface area contributed by atoms with E-state index in [0.29, 0.717) is 0 Å². The Bertz CT molecular complexity index is 127. The van der Waals surface area contributed by atoms with E-state index in [1.165, 1.54) is 20.8 Å². The van der Waals surface area contributed by atoms with Crippen LogP contribution in [0.1, 0.15) is 20.8 Å². The Hall–Kier alpha value is -0.0951. The molecule has 0 saturated carbocycles. The van der Waals surface area contributed by atoms with E-state index in [1.54, 1.807) is 0 Å². The predicted octanol–water partition coefficient (Wildman–Crippen LogP) is -1.02. The zero-order valence-electron chi connectivity index (χ0n) is 7.07. The van der Waals surface area contributed by atoms with Crippen molar-refractivity contribution in [3.63, 3.8) is 0 Å². The molecule has 66 valence electrons. The monoisotopic (exact) mass is 162 g/mol. The summed E-state index contributed by atoms with van der Waals surface area (Å²) in [6.07, 6.45) is -0.267. The van der Waals surface area contributed by atoms with Crippen LogP contribution in [0.15, 0.2) is 0 Å². The molecule has 0 aromatic heterocycles. The lowest BCUT2D eigenvalue weighted by Crippen LogP contribution is -2.49. The zero-order chi connectivity index (χ0) is 9.28. The second-order valence-corrected chi connectivity index (χ2v) is 3.52. The maximum absolute atomic E-state index is 9.45. The molecule has 0 bridgehead atoms. The van der Waals surface area contributed by atoms with Crippen molar-refractivity contribution in [3.8, 4) is 0 Å². The second-order valence-electron chi connectivity index (χ2n) is 3.52. The Morgan fingerprint density at radius 3 is 1.55 bits per heavy atom. The van der Waals surface area contributed by atoms with Gasteiger partial charge in [0.15, 0.2) is 0 Å². The highest BCUT2D eigenvalue weighted by atomic mass is 16.4. The Balaban J connectivity index is 4.22. The van der Waals surface area contributed by atoms with Gasteiger partial charge in [-0.25, -0.2) is 0 Å². The van der Waals surface area contributed by atoms with Crippen molar-refractivity contribution in [2.45, 2.75) is 38.3 Å². The molecule has 0 radical (unpaired) electrons. The Morgan fingerprint density at radius 1 is 1.09 bits per heavy atom. The summed E-state index contributed by atoms with van der Waals surface area (Å²) in [6, 6.07) is 0. The first-order valence-corrected chi connectivity index (χ1v) is 3.48. The minimum Gasteiger partial charge on any atom is -0.427 e. The SMILES string of the molecule is CC(C)(O)C(C)(O)CB(O)O. The van der Waals surface area contributed by atoms with Crippen molar-refractivity contribution < 1.29 is 20.3 Å². The molecule has 0 heterocycles. The van der Waals surface area contributed by atoms with E-state index in [1.807, 2.05) is 0 Å². The van der Waals surface area contributed by atoms with Crippen molar-refractivity contribution in [1.29, 1.82) is 0 Å². The van der Waals surface area contributed by atoms with Crippen LogP contribution in [-0.2, 0) is 0 Å². The summed E-state index contributed by atoms with van der Waals surface area (Å²) in [5.41, 5.74) is -2.82. The van der Waals surface area contributed by atoms with Gasteiger partial charge < -0.3 is 20.3 Å². The molecule has 4 N–H and O–H groups in total. The highest BCUT2D eigenvalue weighted by molar-refractivity contribution is 6.41. The highest BCUT2D eigenvalue weighted by Crippen LogP contribution is 2.25. The van der Waals surface area contributed by atoms with Crippen molar-refractivity contribution in [2.75, 3.05) is 0 Å². The average molecular weight is 162 g/mol. The van der Waals surface area contributed by atoms with Gasteiger partial charge >= 0.3 is 7.12 Å². The Labute approximate surface area is 66.6 Å². The van der Waals surface area contributed by atoms with Gasteiger partial charge in [-0.2, -0.15) is 0 Å². The topological polar surface area (TPSA) is 80.9 Å². The fraction of sp³-hybridized carbons (Fsp3) is 1.00. The van der Waals surface area contributed by atoms with Gasteiger partial charge in [0, 0.05) is 6.32 Å². The molecule has 1 unspecified atom stereocenters. The van der Waals surface area contributed by atoms with Crippen molar-refractivity contribution in [3.05, 3.63) is 0 Å². The van der Waals surface area contributed by atoms with E-state index in [9.17, 15) is 10.2 Å². The van der Waals surface area contributed by atoms with Gasteiger partial charge in [-0.05, 0) is 20.8 Å². The molecular weight excluding hydrogens is 147 g/mol. The molecule has 11 heavy (non-hydrogen) atoms. The average Bonchev–Trinajstić information content (AvgIpc) is 1.56. The first kappa shape index (κ1) is 10.9. The molecule has 0 rings (SSSR count). The molecular formula is C6H15BO4. The van der Waals surface area contributed by atoms with E-state index >= 15 is 0 Å². The van der Waals surface area contributed by atoms with E-state index in [4.69, 9.17) is 10.0 Å². The molecule has 0 aliphatic rings. The molecule has 1 atom stereocenters. The second kappa shape index (κ2) is 3.10. The van der Waals surface area contributed by atoms with Crippen LogP contribution in [0.3, 0.4) is 0 Å². The lowest BCUT2D eigenvalue weighted by molar-refractivity contribution is -0.110. The largest absolute Gasteiger partial charge is 0.454 e. The van der Waals surface area contributed by atoms with Crippen LogP contribution in [0.4, 0.5) is 0 Å². The molecule has 0 aromatic rings. The standard InChI is InChI=1S/C6H15BO4/c1-5(2,8)6(3,9)4-7(10)11/h8-11H,4H2,1-3H3. The smallest absolute Gasteiger partial charge is 0.427 e. The molecule has 0 spiro atoms. The maximum atomic E-state index is 9.45. The predicted molar refractivity (Wildman–Crippen MR) is 41.9 cm³/mol. The van der Waals surface area contributed by atoms with E-state index < -0.39 is 18.3 Å². The van der Waals surface area contributed by atoms with Crippen LogP contribution in [0.25, 0.3) is 0 Å². The molecule has 0 fully saturated rings. The summed E-state index contributed by atoms with van der Waals surface area (Å²) < 4.78 is 0. The van der Waals surface area contributed by atoms with Gasteiger partial charge in [-0.15, -0.1) is 0 Å². The van der Waals surface area contributed by atoms with Crippen molar-refractivity contribution >= 4 is 7.12 Å². The van der Waals surface area contributed by atoms with Crippen LogP contribution in [-0.4, -0.2) is 38.6 Å². The van der Waals surface area contributed by atoms with Crippen LogP contribution in [0.2, 0.25) is 6.32 Å². The molecule has 4 nitrogen and oxygen atoms in total. The number of hydrogen-bond acceptors (Lipinski definition) is 4.